The topological polar surface area (TPSA) is 120 Å². The Morgan fingerprint density at radius 1 is 1.36 bits per heavy atom. The standard InChI is InChI=1S/C20H20N4O4/c1-11(10-25)22-20(26)19-18(15-6-7-21-9-17(15)28-19)23-13-3-4-14-12(8-13)2-5-16(14)24-27/h3-4,6-9,11,23,25,27H,2,5,10H2,1H3,(H,22,26)/b24-16+/t11-/m0/s1. The van der Waals surface area contributed by atoms with Gasteiger partial charge in [-0.2, -0.15) is 0 Å². The molecule has 144 valence electrons. The first kappa shape index (κ1) is 18.0. The Hall–Kier alpha value is -3.39. The van der Waals surface area contributed by atoms with Gasteiger partial charge < -0.3 is 25.4 Å². The molecule has 0 spiro atoms. The molecule has 8 heteroatoms. The van der Waals surface area contributed by atoms with Crippen molar-refractivity contribution in [1.82, 2.24) is 10.3 Å². The van der Waals surface area contributed by atoms with Crippen molar-refractivity contribution in [2.24, 2.45) is 5.16 Å². The fraction of sp³-hybridized carbons (Fsp3) is 0.250. The molecule has 0 fully saturated rings. The number of nitrogens with zero attached hydrogens (tertiary/aromatic N) is 2. The molecule has 0 saturated heterocycles. The van der Waals surface area contributed by atoms with E-state index in [1.54, 1.807) is 25.4 Å². The summed E-state index contributed by atoms with van der Waals surface area (Å²) in [6, 6.07) is 7.12. The van der Waals surface area contributed by atoms with Crippen molar-refractivity contribution in [3.05, 3.63) is 53.5 Å². The number of aliphatic hydroxyl groups excluding tert-OH is 1. The molecule has 3 aromatic rings. The number of aliphatic hydroxyl groups is 1. The van der Waals surface area contributed by atoms with Crippen molar-refractivity contribution in [3.8, 4) is 0 Å². The molecular weight excluding hydrogens is 360 g/mol. The van der Waals surface area contributed by atoms with Crippen molar-refractivity contribution in [2.75, 3.05) is 11.9 Å². The number of anilines is 2. The van der Waals surface area contributed by atoms with Crippen LogP contribution in [0.4, 0.5) is 11.4 Å². The lowest BCUT2D eigenvalue weighted by Gasteiger charge is -2.12. The smallest absolute Gasteiger partial charge is 0.289 e. The Bertz CT molecular complexity index is 1070. The molecular formula is C20H20N4O4. The molecule has 1 atom stereocenters. The molecule has 0 aliphatic heterocycles. The number of oxime groups is 1. The van der Waals surface area contributed by atoms with E-state index in [-0.39, 0.29) is 12.4 Å². The molecule has 4 N–H and O–H groups in total. The number of aryl methyl sites for hydroxylation is 1. The van der Waals surface area contributed by atoms with Gasteiger partial charge in [0.1, 0.15) is 0 Å². The summed E-state index contributed by atoms with van der Waals surface area (Å²) in [6.45, 7) is 1.53. The number of carbonyl (C=O) groups excluding carboxylic acids is 1. The molecule has 2 aromatic heterocycles. The number of rotatable bonds is 5. The van der Waals surface area contributed by atoms with Crippen LogP contribution in [0.3, 0.4) is 0 Å². The number of carbonyl (C=O) groups is 1. The zero-order valence-electron chi connectivity index (χ0n) is 15.3. The molecule has 0 bridgehead atoms. The lowest BCUT2D eigenvalue weighted by Crippen LogP contribution is -2.35. The number of fused-ring (bicyclic) bond motifs is 2. The van der Waals surface area contributed by atoms with E-state index >= 15 is 0 Å². The number of amides is 1. The highest BCUT2D eigenvalue weighted by Gasteiger charge is 2.23. The lowest BCUT2D eigenvalue weighted by atomic mass is 10.1. The molecule has 1 aliphatic carbocycles. The highest BCUT2D eigenvalue weighted by atomic mass is 16.4. The minimum absolute atomic E-state index is 0.126. The second kappa shape index (κ2) is 7.32. The highest BCUT2D eigenvalue weighted by molar-refractivity contribution is 6.08. The molecule has 8 nitrogen and oxygen atoms in total. The second-order valence-corrected chi connectivity index (χ2v) is 6.78. The molecule has 1 aromatic carbocycles. The maximum absolute atomic E-state index is 12.6. The van der Waals surface area contributed by atoms with Gasteiger partial charge in [-0.1, -0.05) is 11.2 Å². The molecule has 2 heterocycles. The third kappa shape index (κ3) is 3.18. The number of nitrogens with one attached hydrogen (secondary N) is 2. The number of pyridine rings is 1. The minimum atomic E-state index is -0.420. The van der Waals surface area contributed by atoms with Crippen molar-refractivity contribution in [2.45, 2.75) is 25.8 Å². The number of aromatic nitrogens is 1. The van der Waals surface area contributed by atoms with E-state index in [0.717, 1.165) is 28.6 Å². The van der Waals surface area contributed by atoms with Crippen LogP contribution in [0.15, 0.2) is 46.2 Å². The van der Waals surface area contributed by atoms with Gasteiger partial charge in [-0.05, 0) is 43.5 Å². The third-order valence-electron chi connectivity index (χ3n) is 4.79. The van der Waals surface area contributed by atoms with Gasteiger partial charge in [-0.3, -0.25) is 9.78 Å². The second-order valence-electron chi connectivity index (χ2n) is 6.78. The van der Waals surface area contributed by atoms with Gasteiger partial charge in [-0.15, -0.1) is 0 Å². The quantitative estimate of drug-likeness (QED) is 0.399. The normalized spacial score (nSPS) is 15.6. The summed E-state index contributed by atoms with van der Waals surface area (Å²) in [7, 11) is 0. The molecule has 0 unspecified atom stereocenters. The van der Waals surface area contributed by atoms with Crippen LogP contribution in [0.25, 0.3) is 11.0 Å². The molecule has 0 saturated carbocycles. The summed E-state index contributed by atoms with van der Waals surface area (Å²) in [5.41, 5.74) is 4.51. The molecule has 0 radical (unpaired) electrons. The number of furan rings is 1. The SMILES string of the molecule is C[C@@H](CO)NC(=O)c1oc2cnccc2c1Nc1ccc2c(c1)CC/C2=N\O. The average Bonchev–Trinajstić information content (AvgIpc) is 3.29. The largest absolute Gasteiger partial charge is 0.447 e. The van der Waals surface area contributed by atoms with Crippen LogP contribution in [0.5, 0.6) is 0 Å². The molecule has 1 amide bonds. The zero-order chi connectivity index (χ0) is 19.7. The van der Waals surface area contributed by atoms with E-state index < -0.39 is 11.9 Å². The monoisotopic (exact) mass is 380 g/mol. The summed E-state index contributed by atoms with van der Waals surface area (Å²) in [5, 5.41) is 28.4. The van der Waals surface area contributed by atoms with Crippen LogP contribution < -0.4 is 10.6 Å². The predicted octanol–water partition coefficient (Wildman–Crippen LogP) is 2.81. The Morgan fingerprint density at radius 3 is 3.00 bits per heavy atom. The van der Waals surface area contributed by atoms with Crippen LogP contribution in [-0.2, 0) is 6.42 Å². The van der Waals surface area contributed by atoms with Crippen molar-refractivity contribution >= 4 is 34.0 Å². The number of hydrogen-bond acceptors (Lipinski definition) is 7. The van der Waals surface area contributed by atoms with Gasteiger partial charge in [-0.25, -0.2) is 0 Å². The summed E-state index contributed by atoms with van der Waals surface area (Å²) in [5.74, 6) is -0.294. The number of hydrogen-bond donors (Lipinski definition) is 4. The first-order valence-electron chi connectivity index (χ1n) is 9.00. The maximum Gasteiger partial charge on any atom is 0.289 e. The van der Waals surface area contributed by atoms with Gasteiger partial charge >= 0.3 is 0 Å². The van der Waals surface area contributed by atoms with Crippen molar-refractivity contribution in [1.29, 1.82) is 0 Å². The summed E-state index contributed by atoms with van der Waals surface area (Å²) < 4.78 is 5.73. The first-order chi connectivity index (χ1) is 13.6. The highest BCUT2D eigenvalue weighted by Crippen LogP contribution is 2.34. The van der Waals surface area contributed by atoms with Gasteiger partial charge in [0.2, 0.25) is 5.76 Å². The van der Waals surface area contributed by atoms with Crippen molar-refractivity contribution in [3.63, 3.8) is 0 Å². The average molecular weight is 380 g/mol. The fourth-order valence-electron chi connectivity index (χ4n) is 3.37. The van der Waals surface area contributed by atoms with Crippen LogP contribution in [0.1, 0.15) is 35.0 Å². The van der Waals surface area contributed by atoms with Crippen LogP contribution >= 0.6 is 0 Å². The Kier molecular flexibility index (Phi) is 4.70. The molecule has 28 heavy (non-hydrogen) atoms. The van der Waals surface area contributed by atoms with Crippen LogP contribution in [-0.4, -0.2) is 39.6 Å². The van der Waals surface area contributed by atoms with E-state index in [0.29, 0.717) is 23.4 Å². The lowest BCUT2D eigenvalue weighted by molar-refractivity contribution is 0.0897. The predicted molar refractivity (Wildman–Crippen MR) is 104 cm³/mol. The third-order valence-corrected chi connectivity index (χ3v) is 4.79. The Morgan fingerprint density at radius 2 is 2.21 bits per heavy atom. The van der Waals surface area contributed by atoms with E-state index in [2.05, 4.69) is 20.8 Å². The maximum atomic E-state index is 12.6. The summed E-state index contributed by atoms with van der Waals surface area (Å²) in [6.07, 6.45) is 4.68. The van der Waals surface area contributed by atoms with Crippen LogP contribution in [0.2, 0.25) is 0 Å². The van der Waals surface area contributed by atoms with Crippen LogP contribution in [0, 0.1) is 0 Å². The summed E-state index contributed by atoms with van der Waals surface area (Å²) >= 11 is 0. The van der Waals surface area contributed by atoms with E-state index in [1.807, 2.05) is 18.2 Å². The zero-order valence-corrected chi connectivity index (χ0v) is 15.3. The van der Waals surface area contributed by atoms with E-state index in [9.17, 15) is 9.90 Å². The molecule has 1 aliphatic rings. The molecule has 4 rings (SSSR count). The van der Waals surface area contributed by atoms with Gasteiger partial charge in [0.25, 0.3) is 5.91 Å². The first-order valence-corrected chi connectivity index (χ1v) is 9.00. The fourth-order valence-corrected chi connectivity index (χ4v) is 3.37. The number of benzene rings is 1. The van der Waals surface area contributed by atoms with Gasteiger partial charge in [0, 0.05) is 28.9 Å². The Balaban J connectivity index is 1.72. The van der Waals surface area contributed by atoms with Gasteiger partial charge in [0.15, 0.2) is 5.58 Å². The summed E-state index contributed by atoms with van der Waals surface area (Å²) in [4.78, 5) is 16.7. The van der Waals surface area contributed by atoms with Crippen molar-refractivity contribution < 1.29 is 19.5 Å². The van der Waals surface area contributed by atoms with E-state index in [4.69, 9.17) is 9.62 Å². The Labute approximate surface area is 160 Å². The minimum Gasteiger partial charge on any atom is -0.447 e. The van der Waals surface area contributed by atoms with E-state index in [1.165, 1.54) is 0 Å². The van der Waals surface area contributed by atoms with Gasteiger partial charge in [0.05, 0.1) is 24.2 Å².